The molecule has 3 saturated heterocycles. The van der Waals surface area contributed by atoms with Crippen LogP contribution >= 0.6 is 0 Å². The number of nitrogens with one attached hydrogen (secondary N) is 2. The third-order valence-corrected chi connectivity index (χ3v) is 5.94. The van der Waals surface area contributed by atoms with E-state index in [2.05, 4.69) is 10.6 Å². The first-order valence-corrected chi connectivity index (χ1v) is 10.1. The molecule has 10 nitrogen and oxygen atoms in total. The number of carboxylic acids is 1. The number of aliphatic carboxylic acids is 1. The van der Waals surface area contributed by atoms with Crippen molar-refractivity contribution in [2.24, 2.45) is 5.92 Å². The SMILES string of the molecule is CC(C)[C@@H]1NC(=O)[C@@H]2CCCN2C(=O)[C@H]2CCCN2C(=O)C[C@@H](C(=O)O)NC1=O. The number of carbonyl (C=O) groups excluding carboxylic acids is 4. The van der Waals surface area contributed by atoms with Crippen molar-refractivity contribution in [3.63, 3.8) is 0 Å². The van der Waals surface area contributed by atoms with Crippen molar-refractivity contribution < 1.29 is 29.1 Å². The molecule has 160 valence electrons. The summed E-state index contributed by atoms with van der Waals surface area (Å²) >= 11 is 0. The molecule has 29 heavy (non-hydrogen) atoms. The second-order valence-corrected chi connectivity index (χ2v) is 8.27. The maximum absolute atomic E-state index is 13.1. The molecule has 0 aliphatic carbocycles. The number of hydrogen-bond acceptors (Lipinski definition) is 5. The first-order valence-electron chi connectivity index (χ1n) is 10.1. The van der Waals surface area contributed by atoms with Crippen LogP contribution in [0.15, 0.2) is 0 Å². The first-order chi connectivity index (χ1) is 13.7. The van der Waals surface area contributed by atoms with Gasteiger partial charge in [0.05, 0.1) is 6.42 Å². The van der Waals surface area contributed by atoms with E-state index in [-0.39, 0.29) is 11.8 Å². The van der Waals surface area contributed by atoms with Crippen LogP contribution in [0.1, 0.15) is 46.0 Å². The normalized spacial score (nSPS) is 31.4. The summed E-state index contributed by atoms with van der Waals surface area (Å²) < 4.78 is 0. The number of amides is 4. The summed E-state index contributed by atoms with van der Waals surface area (Å²) in [5.74, 6) is -3.47. The highest BCUT2D eigenvalue weighted by molar-refractivity contribution is 5.97. The second-order valence-electron chi connectivity index (χ2n) is 8.27. The number of carboxylic acid groups (broad SMARTS) is 1. The van der Waals surface area contributed by atoms with E-state index in [9.17, 15) is 29.1 Å². The van der Waals surface area contributed by atoms with Gasteiger partial charge in [0.2, 0.25) is 23.6 Å². The quantitative estimate of drug-likeness (QED) is 0.541. The van der Waals surface area contributed by atoms with Gasteiger partial charge in [0, 0.05) is 13.1 Å². The van der Waals surface area contributed by atoms with E-state index in [1.54, 1.807) is 13.8 Å². The monoisotopic (exact) mass is 408 g/mol. The van der Waals surface area contributed by atoms with Crippen molar-refractivity contribution in [2.75, 3.05) is 13.1 Å². The van der Waals surface area contributed by atoms with Crippen LogP contribution in [-0.2, 0) is 24.0 Å². The average molecular weight is 408 g/mol. The van der Waals surface area contributed by atoms with E-state index in [4.69, 9.17) is 0 Å². The summed E-state index contributed by atoms with van der Waals surface area (Å²) in [6, 6.07) is -3.77. The highest BCUT2D eigenvalue weighted by Gasteiger charge is 2.44. The first kappa shape index (κ1) is 21.1. The van der Waals surface area contributed by atoms with Gasteiger partial charge in [-0.3, -0.25) is 19.2 Å². The Kier molecular flexibility index (Phi) is 6.09. The zero-order valence-corrected chi connectivity index (χ0v) is 16.7. The standard InChI is InChI=1S/C19H28N4O6/c1-10(2)15-17(26)20-11(19(28)29)9-14(24)22-7-4-6-13(22)18(27)23-8-3-5-12(23)16(25)21-15/h10-13,15H,3-9H2,1-2H3,(H,20,26)(H,21,25)(H,28,29)/t11-,12-,13+,15-/m0/s1. The molecule has 3 rings (SSSR count). The fourth-order valence-corrected chi connectivity index (χ4v) is 4.35. The Hall–Kier alpha value is -2.65. The maximum atomic E-state index is 13.1. The molecule has 0 aromatic heterocycles. The smallest absolute Gasteiger partial charge is 0.326 e. The number of nitrogens with zero attached hydrogens (tertiary/aromatic N) is 2. The van der Waals surface area contributed by atoms with Crippen LogP contribution in [0.3, 0.4) is 0 Å². The Labute approximate surface area is 169 Å². The summed E-state index contributed by atoms with van der Waals surface area (Å²) in [6.45, 7) is 4.25. The fraction of sp³-hybridized carbons (Fsp3) is 0.737. The van der Waals surface area contributed by atoms with Crippen LogP contribution in [0.2, 0.25) is 0 Å². The maximum Gasteiger partial charge on any atom is 0.326 e. The van der Waals surface area contributed by atoms with Crippen molar-refractivity contribution >= 4 is 29.6 Å². The Morgan fingerprint density at radius 3 is 2.21 bits per heavy atom. The molecule has 0 spiro atoms. The van der Waals surface area contributed by atoms with E-state index >= 15 is 0 Å². The predicted molar refractivity (Wildman–Crippen MR) is 100 cm³/mol. The molecular weight excluding hydrogens is 380 g/mol. The van der Waals surface area contributed by atoms with Gasteiger partial charge in [0.25, 0.3) is 0 Å². The molecule has 0 aromatic carbocycles. The van der Waals surface area contributed by atoms with E-state index < -0.39 is 54.3 Å². The lowest BCUT2D eigenvalue weighted by Gasteiger charge is -2.31. The topological polar surface area (TPSA) is 136 Å². The van der Waals surface area contributed by atoms with Gasteiger partial charge in [-0.2, -0.15) is 0 Å². The summed E-state index contributed by atoms with van der Waals surface area (Å²) in [4.78, 5) is 66.1. The molecule has 10 heteroatoms. The highest BCUT2D eigenvalue weighted by Crippen LogP contribution is 2.26. The zero-order valence-electron chi connectivity index (χ0n) is 16.7. The summed E-state index contributed by atoms with van der Waals surface area (Å²) in [7, 11) is 0. The average Bonchev–Trinajstić information content (AvgIpc) is 3.32. The molecule has 0 radical (unpaired) electrons. The lowest BCUT2D eigenvalue weighted by Crippen LogP contribution is -2.57. The van der Waals surface area contributed by atoms with Crippen LogP contribution in [0.4, 0.5) is 0 Å². The molecule has 3 N–H and O–H groups in total. The lowest BCUT2D eigenvalue weighted by atomic mass is 10.0. The summed E-state index contributed by atoms with van der Waals surface area (Å²) in [5.41, 5.74) is 0. The molecule has 3 aliphatic heterocycles. The molecule has 4 amide bonds. The molecule has 0 aromatic rings. The Morgan fingerprint density at radius 2 is 1.59 bits per heavy atom. The van der Waals surface area contributed by atoms with Crippen LogP contribution in [0, 0.1) is 5.92 Å². The highest BCUT2D eigenvalue weighted by atomic mass is 16.4. The van der Waals surface area contributed by atoms with Gasteiger partial charge in [-0.15, -0.1) is 0 Å². The molecule has 0 saturated carbocycles. The summed E-state index contributed by atoms with van der Waals surface area (Å²) in [5, 5.41) is 14.6. The molecule has 0 bridgehead atoms. The molecular formula is C19H28N4O6. The van der Waals surface area contributed by atoms with Crippen LogP contribution in [0.25, 0.3) is 0 Å². The van der Waals surface area contributed by atoms with Crippen molar-refractivity contribution in [1.82, 2.24) is 20.4 Å². The zero-order chi connectivity index (χ0) is 21.3. The minimum Gasteiger partial charge on any atom is -0.480 e. The third-order valence-electron chi connectivity index (χ3n) is 5.94. The van der Waals surface area contributed by atoms with Gasteiger partial charge in [-0.1, -0.05) is 13.8 Å². The third kappa shape index (κ3) is 4.20. The largest absolute Gasteiger partial charge is 0.480 e. The van der Waals surface area contributed by atoms with Gasteiger partial charge in [-0.05, 0) is 31.6 Å². The molecule has 0 unspecified atom stereocenters. The molecule has 3 heterocycles. The number of carbonyl (C=O) groups is 5. The number of hydrogen-bond donors (Lipinski definition) is 3. The minimum atomic E-state index is -1.43. The van der Waals surface area contributed by atoms with Crippen molar-refractivity contribution in [3.8, 4) is 0 Å². The van der Waals surface area contributed by atoms with Gasteiger partial charge < -0.3 is 25.5 Å². The lowest BCUT2D eigenvalue weighted by molar-refractivity contribution is -0.148. The van der Waals surface area contributed by atoms with E-state index in [0.717, 1.165) is 0 Å². The molecule has 3 fully saturated rings. The molecule has 4 atom stereocenters. The summed E-state index contributed by atoms with van der Waals surface area (Å²) in [6.07, 6.45) is 1.83. The second kappa shape index (κ2) is 8.38. The van der Waals surface area contributed by atoms with E-state index in [1.165, 1.54) is 9.80 Å². The van der Waals surface area contributed by atoms with Crippen LogP contribution in [-0.4, -0.2) is 81.8 Å². The Balaban J connectivity index is 1.97. The molecule has 3 aliphatic rings. The van der Waals surface area contributed by atoms with Crippen LogP contribution in [0.5, 0.6) is 0 Å². The fourth-order valence-electron chi connectivity index (χ4n) is 4.35. The van der Waals surface area contributed by atoms with Crippen molar-refractivity contribution in [2.45, 2.75) is 70.1 Å². The van der Waals surface area contributed by atoms with Crippen molar-refractivity contribution in [3.05, 3.63) is 0 Å². The van der Waals surface area contributed by atoms with Crippen molar-refractivity contribution in [1.29, 1.82) is 0 Å². The van der Waals surface area contributed by atoms with E-state index in [1.807, 2.05) is 0 Å². The van der Waals surface area contributed by atoms with Gasteiger partial charge in [-0.25, -0.2) is 4.79 Å². The number of fused-ring (bicyclic) bond motifs is 2. The van der Waals surface area contributed by atoms with E-state index in [0.29, 0.717) is 38.8 Å². The predicted octanol–water partition coefficient (Wildman–Crippen LogP) is -0.918. The Bertz CT molecular complexity index is 713. The Morgan fingerprint density at radius 1 is 0.966 bits per heavy atom. The number of rotatable bonds is 2. The van der Waals surface area contributed by atoms with Crippen LogP contribution < -0.4 is 10.6 Å². The van der Waals surface area contributed by atoms with Gasteiger partial charge >= 0.3 is 5.97 Å². The van der Waals surface area contributed by atoms with Gasteiger partial charge in [0.1, 0.15) is 24.2 Å². The van der Waals surface area contributed by atoms with Gasteiger partial charge in [0.15, 0.2) is 0 Å². The minimum absolute atomic E-state index is 0.278.